The van der Waals surface area contributed by atoms with Crippen LogP contribution in [0, 0.1) is 5.92 Å². The Balaban J connectivity index is 2.01. The van der Waals surface area contributed by atoms with Crippen LogP contribution in [0.1, 0.15) is 31.2 Å². The van der Waals surface area contributed by atoms with Crippen molar-refractivity contribution >= 4 is 35.0 Å². The lowest BCUT2D eigenvalue weighted by atomic mass is 9.88. The predicted octanol–water partition coefficient (Wildman–Crippen LogP) is 6.05. The highest BCUT2D eigenvalue weighted by molar-refractivity contribution is 7.99. The third-order valence-corrected chi connectivity index (χ3v) is 5.16. The molecule has 3 rings (SSSR count). The summed E-state index contributed by atoms with van der Waals surface area (Å²) >= 11 is 13.9. The van der Waals surface area contributed by atoms with Gasteiger partial charge in [-0.1, -0.05) is 48.8 Å². The summed E-state index contributed by atoms with van der Waals surface area (Å²) in [7, 11) is 0. The van der Waals surface area contributed by atoms with Crippen LogP contribution in [0.3, 0.4) is 0 Å². The number of imidazole rings is 1. The fraction of sp³-hybridized carbons (Fsp3) is 0.222. The van der Waals surface area contributed by atoms with Gasteiger partial charge in [0.05, 0.1) is 0 Å². The average Bonchev–Trinajstić information content (AvgIpc) is 3.02. The van der Waals surface area contributed by atoms with Gasteiger partial charge in [0.15, 0.2) is 0 Å². The van der Waals surface area contributed by atoms with Crippen LogP contribution in [0.5, 0.6) is 0 Å². The Labute approximate surface area is 155 Å². The second-order valence-electron chi connectivity index (χ2n) is 5.82. The number of nitrogens with zero attached hydrogens (tertiary/aromatic N) is 2. The van der Waals surface area contributed by atoms with Crippen LogP contribution in [0.2, 0.25) is 10.0 Å². The number of aromatic amines is 1. The van der Waals surface area contributed by atoms with E-state index in [1.165, 1.54) is 5.56 Å². The van der Waals surface area contributed by atoms with Crippen molar-refractivity contribution in [1.82, 2.24) is 15.0 Å². The summed E-state index contributed by atoms with van der Waals surface area (Å²) in [6.07, 6.45) is 7.35. The van der Waals surface area contributed by atoms with Gasteiger partial charge in [0.2, 0.25) is 0 Å². The molecule has 0 radical (unpaired) electrons. The predicted molar refractivity (Wildman–Crippen MR) is 100 cm³/mol. The fourth-order valence-electron chi connectivity index (χ4n) is 2.72. The molecule has 3 aromatic rings. The van der Waals surface area contributed by atoms with E-state index in [-0.39, 0.29) is 5.92 Å². The average molecular weight is 378 g/mol. The van der Waals surface area contributed by atoms with Crippen LogP contribution in [0.15, 0.2) is 58.8 Å². The first-order chi connectivity index (χ1) is 11.5. The number of benzene rings is 1. The third-order valence-electron chi connectivity index (χ3n) is 3.70. The minimum atomic E-state index is 0.167. The van der Waals surface area contributed by atoms with Crippen LogP contribution < -0.4 is 0 Å². The van der Waals surface area contributed by atoms with Gasteiger partial charge in [0.25, 0.3) is 0 Å². The van der Waals surface area contributed by atoms with E-state index in [1.807, 2.05) is 30.7 Å². The van der Waals surface area contributed by atoms with E-state index in [0.717, 1.165) is 15.6 Å². The van der Waals surface area contributed by atoms with Crippen LogP contribution >= 0.6 is 35.0 Å². The van der Waals surface area contributed by atoms with Gasteiger partial charge in [0.1, 0.15) is 5.82 Å². The lowest BCUT2D eigenvalue weighted by molar-refractivity contribution is 0.535. The number of halogens is 2. The van der Waals surface area contributed by atoms with Gasteiger partial charge in [-0.15, -0.1) is 0 Å². The Kier molecular flexibility index (Phi) is 5.49. The highest BCUT2D eigenvalue weighted by Crippen LogP contribution is 2.39. The molecule has 0 saturated carbocycles. The summed E-state index contributed by atoms with van der Waals surface area (Å²) in [5.41, 5.74) is 1.19. The number of hydrogen-bond acceptors (Lipinski definition) is 3. The molecule has 3 nitrogen and oxygen atoms in total. The highest BCUT2D eigenvalue weighted by Gasteiger charge is 2.23. The maximum absolute atomic E-state index is 6.12. The summed E-state index contributed by atoms with van der Waals surface area (Å²) in [5, 5.41) is 1.25. The van der Waals surface area contributed by atoms with Gasteiger partial charge in [-0.05, 0) is 35.7 Å². The lowest BCUT2D eigenvalue weighted by Gasteiger charge is -2.21. The third kappa shape index (κ3) is 3.94. The zero-order chi connectivity index (χ0) is 17.1. The summed E-state index contributed by atoms with van der Waals surface area (Å²) in [6, 6.07) is 7.61. The van der Waals surface area contributed by atoms with Crippen molar-refractivity contribution in [1.29, 1.82) is 0 Å². The zero-order valence-electron chi connectivity index (χ0n) is 13.3. The molecule has 1 unspecified atom stereocenters. The molecular weight excluding hydrogens is 361 g/mol. The summed E-state index contributed by atoms with van der Waals surface area (Å²) < 4.78 is 0. The van der Waals surface area contributed by atoms with Crippen LogP contribution in [0.4, 0.5) is 0 Å². The van der Waals surface area contributed by atoms with Crippen molar-refractivity contribution in [3.63, 3.8) is 0 Å². The maximum atomic E-state index is 6.12. The van der Waals surface area contributed by atoms with Crippen LogP contribution in [-0.2, 0) is 0 Å². The Morgan fingerprint density at radius 2 is 1.83 bits per heavy atom. The van der Waals surface area contributed by atoms with Gasteiger partial charge in [-0.25, -0.2) is 4.98 Å². The second-order valence-corrected chi connectivity index (χ2v) is 7.81. The number of rotatable bonds is 5. The Morgan fingerprint density at radius 1 is 1.08 bits per heavy atom. The van der Waals surface area contributed by atoms with Crippen molar-refractivity contribution in [2.24, 2.45) is 5.92 Å². The molecule has 0 amide bonds. The molecule has 0 aliphatic rings. The second kappa shape index (κ2) is 7.60. The fourth-order valence-corrected chi connectivity index (χ4v) is 4.42. The maximum Gasteiger partial charge on any atom is 0.113 e. The summed E-state index contributed by atoms with van der Waals surface area (Å²) in [4.78, 5) is 14.1. The molecule has 2 heterocycles. The Morgan fingerprint density at radius 3 is 2.46 bits per heavy atom. The zero-order valence-corrected chi connectivity index (χ0v) is 15.7. The number of H-pyrrole nitrogens is 1. The number of nitrogens with one attached hydrogen (secondary N) is 1. The van der Waals surface area contributed by atoms with Crippen molar-refractivity contribution in [3.8, 4) is 0 Å². The molecule has 0 fully saturated rings. The van der Waals surface area contributed by atoms with E-state index in [9.17, 15) is 0 Å². The van der Waals surface area contributed by atoms with Gasteiger partial charge in [-0.3, -0.25) is 4.98 Å². The lowest BCUT2D eigenvalue weighted by Crippen LogP contribution is -2.11. The molecule has 2 aromatic heterocycles. The van der Waals surface area contributed by atoms with Crippen LogP contribution in [0.25, 0.3) is 0 Å². The van der Waals surface area contributed by atoms with Crippen LogP contribution in [-0.4, -0.2) is 15.0 Å². The molecule has 24 heavy (non-hydrogen) atoms. The molecule has 1 N–H and O–H groups in total. The standard InChI is InChI=1S/C18H17Cl2N3S/c1-11(2)17(18-22-5-6-23-18)15-3-4-21-10-16(15)24-14-8-12(19)7-13(20)9-14/h3-11,17H,1-2H3,(H,22,23). The quantitative estimate of drug-likeness (QED) is 0.588. The molecule has 0 aliphatic heterocycles. The normalized spacial score (nSPS) is 12.5. The van der Waals surface area contributed by atoms with E-state index < -0.39 is 0 Å². The topological polar surface area (TPSA) is 41.6 Å². The van der Waals surface area contributed by atoms with Crippen molar-refractivity contribution < 1.29 is 0 Å². The molecule has 0 bridgehead atoms. The van der Waals surface area contributed by atoms with E-state index in [1.54, 1.807) is 24.0 Å². The molecule has 1 atom stereocenters. The van der Waals surface area contributed by atoms with E-state index in [4.69, 9.17) is 23.2 Å². The van der Waals surface area contributed by atoms with Gasteiger partial charge in [0, 0.05) is 50.5 Å². The molecular formula is C18H17Cl2N3S. The first-order valence-corrected chi connectivity index (χ1v) is 9.19. The number of pyridine rings is 1. The van der Waals surface area contributed by atoms with Crippen molar-refractivity contribution in [2.45, 2.75) is 29.6 Å². The smallest absolute Gasteiger partial charge is 0.113 e. The Bertz CT molecular complexity index is 799. The summed E-state index contributed by atoms with van der Waals surface area (Å²) in [5.74, 6) is 1.52. The number of hydrogen-bond donors (Lipinski definition) is 1. The number of aromatic nitrogens is 3. The molecule has 0 saturated heterocycles. The van der Waals surface area contributed by atoms with Gasteiger partial charge < -0.3 is 4.98 Å². The van der Waals surface area contributed by atoms with Crippen molar-refractivity contribution in [2.75, 3.05) is 0 Å². The first-order valence-electron chi connectivity index (χ1n) is 7.61. The van der Waals surface area contributed by atoms with E-state index >= 15 is 0 Å². The van der Waals surface area contributed by atoms with Gasteiger partial charge >= 0.3 is 0 Å². The SMILES string of the molecule is CC(C)C(c1ncc[nH]1)c1ccncc1Sc1cc(Cl)cc(Cl)c1. The molecule has 0 aliphatic carbocycles. The summed E-state index contributed by atoms with van der Waals surface area (Å²) in [6.45, 7) is 4.39. The molecule has 6 heteroatoms. The molecule has 1 aromatic carbocycles. The molecule has 0 spiro atoms. The molecule has 124 valence electrons. The van der Waals surface area contributed by atoms with E-state index in [2.05, 4.69) is 34.9 Å². The minimum absolute atomic E-state index is 0.167. The first kappa shape index (κ1) is 17.3. The highest BCUT2D eigenvalue weighted by atomic mass is 35.5. The monoisotopic (exact) mass is 377 g/mol. The van der Waals surface area contributed by atoms with Gasteiger partial charge in [-0.2, -0.15) is 0 Å². The van der Waals surface area contributed by atoms with Crippen molar-refractivity contribution in [3.05, 3.63) is 70.5 Å². The van der Waals surface area contributed by atoms with E-state index in [0.29, 0.717) is 16.0 Å². The minimum Gasteiger partial charge on any atom is -0.348 e. The Hall–Kier alpha value is -1.49. The largest absolute Gasteiger partial charge is 0.348 e.